The molecule has 1 atom stereocenters. The second-order valence-electron chi connectivity index (χ2n) is 10.3. The smallest absolute Gasteiger partial charge is 0.408 e. The van der Waals surface area contributed by atoms with Gasteiger partial charge in [0, 0.05) is 38.0 Å². The molecule has 43 heavy (non-hydrogen) atoms. The van der Waals surface area contributed by atoms with E-state index >= 15 is 0 Å². The molecule has 0 unspecified atom stereocenters. The molecule has 0 saturated heterocycles. The van der Waals surface area contributed by atoms with Crippen molar-refractivity contribution in [2.75, 3.05) is 69.3 Å². The molecule has 0 aliphatic carbocycles. The summed E-state index contributed by atoms with van der Waals surface area (Å²) in [7, 11) is 8.79. The molecule has 0 bridgehead atoms. The molecule has 3 N–H and O–H groups in total. The van der Waals surface area contributed by atoms with E-state index in [0.717, 1.165) is 30.6 Å². The second-order valence-corrected chi connectivity index (χ2v) is 10.6. The Morgan fingerprint density at radius 2 is 1.84 bits per heavy atom. The van der Waals surface area contributed by atoms with Gasteiger partial charge in [-0.15, -0.1) is 0 Å². The minimum Gasteiger partial charge on any atom is -0.495 e. The summed E-state index contributed by atoms with van der Waals surface area (Å²) in [5, 5.41) is 3.10. The lowest BCUT2D eigenvalue weighted by Gasteiger charge is -2.39. The summed E-state index contributed by atoms with van der Waals surface area (Å²) in [5.74, 6) is 0.809. The summed E-state index contributed by atoms with van der Waals surface area (Å²) in [6.07, 6.45) is -3.30. The number of halogens is 4. The number of nitrogen functional groups attached to an aromatic ring is 1. The number of alkyl halides is 3. The van der Waals surface area contributed by atoms with Crippen molar-refractivity contribution in [3.8, 4) is 11.5 Å². The maximum absolute atomic E-state index is 13.8. The Bertz CT molecular complexity index is 1490. The fraction of sp³-hybridized carbons (Fsp3) is 0.393. The zero-order valence-electron chi connectivity index (χ0n) is 24.7. The molecule has 232 valence electrons. The molecule has 1 aliphatic heterocycles. The first-order chi connectivity index (χ1) is 20.3. The predicted octanol–water partition coefficient (Wildman–Crippen LogP) is 5.50. The second kappa shape index (κ2) is 12.6. The summed E-state index contributed by atoms with van der Waals surface area (Å²) in [4.78, 5) is 28.3. The Kier molecular flexibility index (Phi) is 9.30. The van der Waals surface area contributed by atoms with Gasteiger partial charge in [-0.1, -0.05) is 17.7 Å². The lowest BCUT2D eigenvalue weighted by molar-refractivity contribution is -0.172. The zero-order valence-corrected chi connectivity index (χ0v) is 25.4. The van der Waals surface area contributed by atoms with Crippen molar-refractivity contribution >= 4 is 52.1 Å². The molecular weight excluding hydrogens is 589 g/mol. The van der Waals surface area contributed by atoms with E-state index in [1.165, 1.54) is 26.5 Å². The number of nitrogens with two attached hydrogens (primary N) is 1. The highest BCUT2D eigenvalue weighted by Gasteiger charge is 2.46. The highest BCUT2D eigenvalue weighted by molar-refractivity contribution is 6.35. The van der Waals surface area contributed by atoms with Crippen molar-refractivity contribution < 1.29 is 27.4 Å². The van der Waals surface area contributed by atoms with Crippen LogP contribution in [0.3, 0.4) is 0 Å². The van der Waals surface area contributed by atoms with Gasteiger partial charge < -0.3 is 35.2 Å². The number of benzene rings is 2. The number of hydrogen-bond donors (Lipinski definition) is 2. The average molecular weight is 623 g/mol. The topological polar surface area (TPSA) is 112 Å². The number of anilines is 6. The van der Waals surface area contributed by atoms with Crippen molar-refractivity contribution in [2.24, 2.45) is 0 Å². The van der Waals surface area contributed by atoms with Gasteiger partial charge in [0.2, 0.25) is 5.95 Å². The number of nitrogens with one attached hydrogen (secondary N) is 1. The van der Waals surface area contributed by atoms with E-state index < -0.39 is 18.2 Å². The number of carbonyl (C=O) groups is 1. The fourth-order valence-electron chi connectivity index (χ4n) is 4.53. The summed E-state index contributed by atoms with van der Waals surface area (Å²) < 4.78 is 52.1. The van der Waals surface area contributed by atoms with E-state index in [9.17, 15) is 18.0 Å². The number of nitrogens with zero attached hydrogens (tertiary/aromatic N) is 6. The third kappa shape index (κ3) is 6.59. The third-order valence-corrected chi connectivity index (χ3v) is 7.45. The summed E-state index contributed by atoms with van der Waals surface area (Å²) in [6, 6.07) is 5.07. The Morgan fingerprint density at radius 3 is 2.47 bits per heavy atom. The van der Waals surface area contributed by atoms with Crippen LogP contribution in [0.2, 0.25) is 5.02 Å². The van der Waals surface area contributed by atoms with Crippen LogP contribution in [0.1, 0.15) is 12.5 Å². The number of methoxy groups -OCH3 is 2. The van der Waals surface area contributed by atoms with Gasteiger partial charge in [0.15, 0.2) is 5.82 Å². The van der Waals surface area contributed by atoms with Crippen LogP contribution in [-0.4, -0.2) is 86.5 Å². The predicted molar refractivity (Wildman–Crippen MR) is 161 cm³/mol. The minimum absolute atomic E-state index is 0.0300. The Morgan fingerprint density at radius 1 is 1.14 bits per heavy atom. The number of likely N-dealkylation sites (N-methyl/N-ethyl adjacent to an activating group) is 2. The van der Waals surface area contributed by atoms with Crippen LogP contribution < -0.4 is 30.3 Å². The molecule has 2 amide bonds. The molecule has 2 heterocycles. The summed E-state index contributed by atoms with van der Waals surface area (Å²) >= 11 is 6.54. The van der Waals surface area contributed by atoms with Crippen LogP contribution in [0.4, 0.5) is 52.5 Å². The van der Waals surface area contributed by atoms with Crippen LogP contribution in [0, 0.1) is 0 Å². The highest BCUT2D eigenvalue weighted by Crippen LogP contribution is 2.43. The molecule has 2 aromatic carbocycles. The quantitative estimate of drug-likeness (QED) is 0.283. The van der Waals surface area contributed by atoms with Crippen molar-refractivity contribution in [3.05, 3.63) is 47.1 Å². The fourth-order valence-corrected chi connectivity index (χ4v) is 4.82. The zero-order chi connectivity index (χ0) is 31.6. The van der Waals surface area contributed by atoms with Crippen LogP contribution in [0.5, 0.6) is 11.5 Å². The van der Waals surface area contributed by atoms with Crippen LogP contribution >= 0.6 is 11.6 Å². The number of fused-ring (bicyclic) bond motifs is 1. The van der Waals surface area contributed by atoms with Gasteiger partial charge in [0.1, 0.15) is 22.6 Å². The van der Waals surface area contributed by atoms with E-state index in [1.54, 1.807) is 24.3 Å². The lowest BCUT2D eigenvalue weighted by Crippen LogP contribution is -2.53. The first-order valence-electron chi connectivity index (χ1n) is 13.2. The first-order valence-corrected chi connectivity index (χ1v) is 13.6. The number of carbonyl (C=O) groups excluding carboxylic acids is 1. The van der Waals surface area contributed by atoms with Gasteiger partial charge in [-0.25, -0.2) is 14.7 Å². The van der Waals surface area contributed by atoms with E-state index in [4.69, 9.17) is 26.8 Å². The van der Waals surface area contributed by atoms with Gasteiger partial charge in [-0.05, 0) is 39.2 Å². The number of ether oxygens (including phenoxy) is 2. The standard InChI is InChI=1S/C28H34ClF3N8O3/c1-16(28(30,31)32)39-15-17-14-34-26(36-25(17)40(27(39)41)20-8-7-9-22(42-5)24(20)29)35-19-12-18(33)21(13-23(19)43-6)38(4)11-10-37(2)3/h7-9,12-14,16H,10-11,15,33H2,1-6H3,(H,34,35,36)/t16-/m0/s1. The molecule has 15 heteroatoms. The number of urea groups is 1. The number of rotatable bonds is 10. The molecule has 1 aromatic heterocycles. The Labute approximate surface area is 252 Å². The molecule has 3 aromatic rings. The molecule has 1 aliphatic rings. The Hall–Kier alpha value is -4.17. The average Bonchev–Trinajstić information content (AvgIpc) is 2.95. The van der Waals surface area contributed by atoms with Crippen LogP contribution in [-0.2, 0) is 6.54 Å². The molecule has 0 saturated carbocycles. The molecule has 0 radical (unpaired) electrons. The highest BCUT2D eigenvalue weighted by atomic mass is 35.5. The molecule has 4 rings (SSSR count). The SMILES string of the molecule is COc1cc(N(C)CCN(C)C)c(N)cc1Nc1ncc2c(n1)N(c1cccc(OC)c1Cl)C(=O)N([C@@H](C)C(F)(F)F)C2. The van der Waals surface area contributed by atoms with Gasteiger partial charge >= 0.3 is 12.2 Å². The van der Waals surface area contributed by atoms with Crippen molar-refractivity contribution in [1.82, 2.24) is 19.8 Å². The maximum atomic E-state index is 13.8. The molecule has 11 nitrogen and oxygen atoms in total. The summed E-state index contributed by atoms with van der Waals surface area (Å²) in [6.45, 7) is 2.09. The van der Waals surface area contributed by atoms with Crippen molar-refractivity contribution in [1.29, 1.82) is 0 Å². The maximum Gasteiger partial charge on any atom is 0.408 e. The van der Waals surface area contributed by atoms with E-state index in [2.05, 4.69) is 20.2 Å². The number of aromatic nitrogens is 2. The van der Waals surface area contributed by atoms with Crippen LogP contribution in [0.15, 0.2) is 36.5 Å². The van der Waals surface area contributed by atoms with Gasteiger partial charge in [-0.2, -0.15) is 18.2 Å². The number of hydrogen-bond acceptors (Lipinski definition) is 9. The van der Waals surface area contributed by atoms with Crippen molar-refractivity contribution in [2.45, 2.75) is 25.7 Å². The minimum atomic E-state index is -4.66. The van der Waals surface area contributed by atoms with Crippen molar-refractivity contribution in [3.63, 3.8) is 0 Å². The third-order valence-electron chi connectivity index (χ3n) is 7.07. The molecular formula is C28H34ClF3N8O3. The summed E-state index contributed by atoms with van der Waals surface area (Å²) in [5.41, 5.74) is 8.45. The van der Waals surface area contributed by atoms with Gasteiger partial charge in [0.05, 0.1) is 43.5 Å². The van der Waals surface area contributed by atoms with E-state index in [1.807, 2.05) is 26.0 Å². The first kappa shape index (κ1) is 31.8. The van der Waals surface area contributed by atoms with E-state index in [-0.39, 0.29) is 40.3 Å². The molecule has 0 fully saturated rings. The van der Waals surface area contributed by atoms with Crippen LogP contribution in [0.25, 0.3) is 0 Å². The lowest BCUT2D eigenvalue weighted by atomic mass is 10.1. The monoisotopic (exact) mass is 622 g/mol. The normalized spacial score (nSPS) is 14.1. The Balaban J connectivity index is 1.76. The van der Waals surface area contributed by atoms with E-state index in [0.29, 0.717) is 22.0 Å². The van der Waals surface area contributed by atoms with Gasteiger partial charge in [-0.3, -0.25) is 0 Å². The largest absolute Gasteiger partial charge is 0.495 e. The molecule has 0 spiro atoms. The number of amides is 2. The van der Waals surface area contributed by atoms with Gasteiger partial charge in [0.25, 0.3) is 0 Å².